The second-order valence-electron chi connectivity index (χ2n) is 4.72. The third kappa shape index (κ3) is 11.9. The minimum atomic E-state index is -2.96. The Hall–Kier alpha value is -0.310. The van der Waals surface area contributed by atoms with Crippen LogP contribution < -0.4 is 0 Å². The SMILES string of the molecule is C=CS(=O)(=O)CCCCCCCCCCCC. The molecule has 0 aromatic carbocycles. The van der Waals surface area contributed by atoms with Crippen molar-refractivity contribution < 1.29 is 8.42 Å². The first kappa shape index (κ1) is 16.7. The van der Waals surface area contributed by atoms with Crippen LogP contribution in [-0.4, -0.2) is 14.2 Å². The van der Waals surface area contributed by atoms with E-state index in [-0.39, 0.29) is 5.75 Å². The van der Waals surface area contributed by atoms with E-state index in [1.165, 1.54) is 51.4 Å². The van der Waals surface area contributed by atoms with Crippen LogP contribution >= 0.6 is 0 Å². The summed E-state index contributed by atoms with van der Waals surface area (Å²) in [6, 6.07) is 0. The van der Waals surface area contributed by atoms with Crippen molar-refractivity contribution in [3.8, 4) is 0 Å². The largest absolute Gasteiger partial charge is 0.224 e. The summed E-state index contributed by atoms with van der Waals surface area (Å²) in [6.07, 6.45) is 12.3. The second-order valence-corrected chi connectivity index (χ2v) is 6.78. The Morgan fingerprint density at radius 1 is 0.824 bits per heavy atom. The van der Waals surface area contributed by atoms with Gasteiger partial charge < -0.3 is 0 Å². The molecule has 0 heterocycles. The molecule has 0 aliphatic heterocycles. The smallest absolute Gasteiger partial charge is 0.171 e. The van der Waals surface area contributed by atoms with Gasteiger partial charge in [0.2, 0.25) is 0 Å². The lowest BCUT2D eigenvalue weighted by molar-refractivity contribution is 0.559. The predicted molar refractivity (Wildman–Crippen MR) is 75.8 cm³/mol. The standard InChI is InChI=1S/C14H28O2S/c1-3-5-6-7-8-9-10-11-12-13-14-17(15,16)4-2/h4H,2-3,5-14H2,1H3. The van der Waals surface area contributed by atoms with Crippen LogP contribution in [0.2, 0.25) is 0 Å². The molecule has 102 valence electrons. The minimum Gasteiger partial charge on any atom is -0.224 e. The maximum atomic E-state index is 11.1. The normalized spacial score (nSPS) is 11.6. The van der Waals surface area contributed by atoms with Crippen molar-refractivity contribution >= 4 is 9.84 Å². The van der Waals surface area contributed by atoms with E-state index >= 15 is 0 Å². The number of unbranched alkanes of at least 4 members (excludes halogenated alkanes) is 9. The molecule has 0 aromatic rings. The molecular weight excluding hydrogens is 232 g/mol. The van der Waals surface area contributed by atoms with Gasteiger partial charge >= 0.3 is 0 Å². The van der Waals surface area contributed by atoms with Crippen LogP contribution in [0.3, 0.4) is 0 Å². The first-order valence-electron chi connectivity index (χ1n) is 6.97. The Labute approximate surface area is 107 Å². The zero-order chi connectivity index (χ0) is 13.0. The quantitative estimate of drug-likeness (QED) is 0.485. The molecule has 0 unspecified atom stereocenters. The van der Waals surface area contributed by atoms with Gasteiger partial charge in [-0.15, -0.1) is 0 Å². The molecule has 0 saturated carbocycles. The molecule has 0 N–H and O–H groups in total. The Kier molecular flexibility index (Phi) is 10.6. The van der Waals surface area contributed by atoms with Crippen LogP contribution in [0.1, 0.15) is 71.1 Å². The monoisotopic (exact) mass is 260 g/mol. The summed E-state index contributed by atoms with van der Waals surface area (Å²) in [4.78, 5) is 0. The van der Waals surface area contributed by atoms with Crippen LogP contribution in [0, 0.1) is 0 Å². The summed E-state index contributed by atoms with van der Waals surface area (Å²) in [7, 11) is -2.96. The number of rotatable bonds is 12. The fourth-order valence-electron chi connectivity index (χ4n) is 1.87. The minimum absolute atomic E-state index is 0.271. The van der Waals surface area contributed by atoms with Crippen LogP contribution in [-0.2, 0) is 9.84 Å². The highest BCUT2D eigenvalue weighted by Crippen LogP contribution is 2.11. The van der Waals surface area contributed by atoms with Gasteiger partial charge in [-0.3, -0.25) is 0 Å². The van der Waals surface area contributed by atoms with Gasteiger partial charge in [0.05, 0.1) is 5.75 Å². The second kappa shape index (κ2) is 10.8. The summed E-state index contributed by atoms with van der Waals surface area (Å²) in [5.41, 5.74) is 0. The Morgan fingerprint density at radius 2 is 1.24 bits per heavy atom. The molecule has 0 saturated heterocycles. The molecule has 0 fully saturated rings. The summed E-state index contributed by atoms with van der Waals surface area (Å²) in [6.45, 7) is 5.54. The third-order valence-corrected chi connectivity index (χ3v) is 4.40. The van der Waals surface area contributed by atoms with Gasteiger partial charge in [0.1, 0.15) is 0 Å². The highest BCUT2D eigenvalue weighted by molar-refractivity contribution is 7.94. The Bertz CT molecular complexity index is 268. The van der Waals surface area contributed by atoms with Crippen molar-refractivity contribution in [1.82, 2.24) is 0 Å². The fourth-order valence-corrected chi connectivity index (χ4v) is 2.65. The molecule has 0 spiro atoms. The van der Waals surface area contributed by atoms with Gasteiger partial charge in [-0.1, -0.05) is 71.3 Å². The zero-order valence-corrected chi connectivity index (χ0v) is 12.1. The van der Waals surface area contributed by atoms with E-state index in [1.807, 2.05) is 0 Å². The molecular formula is C14H28O2S. The summed E-state index contributed by atoms with van der Waals surface area (Å²) < 4.78 is 22.2. The van der Waals surface area contributed by atoms with E-state index in [4.69, 9.17) is 0 Å². The van der Waals surface area contributed by atoms with Crippen molar-refractivity contribution in [2.24, 2.45) is 0 Å². The van der Waals surface area contributed by atoms with E-state index in [2.05, 4.69) is 13.5 Å². The van der Waals surface area contributed by atoms with Crippen LogP contribution in [0.15, 0.2) is 12.0 Å². The van der Waals surface area contributed by atoms with Crippen molar-refractivity contribution in [2.45, 2.75) is 71.1 Å². The highest BCUT2D eigenvalue weighted by Gasteiger charge is 2.03. The lowest BCUT2D eigenvalue weighted by Gasteiger charge is -2.02. The summed E-state index contributed by atoms with van der Waals surface area (Å²) >= 11 is 0. The maximum absolute atomic E-state index is 11.1. The predicted octanol–water partition coefficient (Wildman–Crippen LogP) is 4.47. The molecule has 0 bridgehead atoms. The van der Waals surface area contributed by atoms with Gasteiger partial charge in [-0.25, -0.2) is 8.42 Å². The molecule has 0 amide bonds. The molecule has 3 heteroatoms. The Morgan fingerprint density at radius 3 is 1.65 bits per heavy atom. The van der Waals surface area contributed by atoms with Crippen molar-refractivity contribution in [3.63, 3.8) is 0 Å². The lowest BCUT2D eigenvalue weighted by Crippen LogP contribution is -2.01. The first-order valence-corrected chi connectivity index (χ1v) is 8.69. The van der Waals surface area contributed by atoms with Gasteiger partial charge in [0.25, 0.3) is 0 Å². The average molecular weight is 260 g/mol. The Balaban J connectivity index is 3.17. The molecule has 0 aromatic heterocycles. The molecule has 0 rings (SSSR count). The lowest BCUT2D eigenvalue weighted by atomic mass is 10.1. The molecule has 0 atom stereocenters. The number of hydrogen-bond acceptors (Lipinski definition) is 2. The summed E-state index contributed by atoms with van der Waals surface area (Å²) in [5, 5.41) is 1.07. The molecule has 17 heavy (non-hydrogen) atoms. The molecule has 0 aliphatic carbocycles. The van der Waals surface area contributed by atoms with Gasteiger partial charge in [0.15, 0.2) is 9.84 Å². The van der Waals surface area contributed by atoms with E-state index in [9.17, 15) is 8.42 Å². The fraction of sp³-hybridized carbons (Fsp3) is 0.857. The molecule has 0 radical (unpaired) electrons. The topological polar surface area (TPSA) is 34.1 Å². The maximum Gasteiger partial charge on any atom is 0.171 e. The molecule has 2 nitrogen and oxygen atoms in total. The van der Waals surface area contributed by atoms with Crippen LogP contribution in [0.25, 0.3) is 0 Å². The van der Waals surface area contributed by atoms with Crippen molar-refractivity contribution in [1.29, 1.82) is 0 Å². The third-order valence-electron chi connectivity index (χ3n) is 3.04. The highest BCUT2D eigenvalue weighted by atomic mass is 32.2. The van der Waals surface area contributed by atoms with Crippen molar-refractivity contribution in [3.05, 3.63) is 12.0 Å². The summed E-state index contributed by atoms with van der Waals surface area (Å²) in [5.74, 6) is 0.271. The van der Waals surface area contributed by atoms with Gasteiger partial charge in [-0.2, -0.15) is 0 Å². The average Bonchev–Trinajstić information content (AvgIpc) is 2.31. The van der Waals surface area contributed by atoms with E-state index in [1.54, 1.807) is 0 Å². The zero-order valence-electron chi connectivity index (χ0n) is 11.3. The number of sulfone groups is 1. The van der Waals surface area contributed by atoms with Gasteiger partial charge in [0, 0.05) is 5.41 Å². The number of hydrogen-bond donors (Lipinski definition) is 0. The van der Waals surface area contributed by atoms with E-state index in [0.29, 0.717) is 0 Å². The van der Waals surface area contributed by atoms with Gasteiger partial charge in [-0.05, 0) is 6.42 Å². The first-order chi connectivity index (χ1) is 8.12. The van der Waals surface area contributed by atoms with Crippen LogP contribution in [0.5, 0.6) is 0 Å². The van der Waals surface area contributed by atoms with E-state index < -0.39 is 9.84 Å². The molecule has 0 aliphatic rings. The van der Waals surface area contributed by atoms with Crippen molar-refractivity contribution in [2.75, 3.05) is 5.75 Å². The van der Waals surface area contributed by atoms with Crippen LogP contribution in [0.4, 0.5) is 0 Å². The van der Waals surface area contributed by atoms with E-state index in [0.717, 1.165) is 18.2 Å².